The zero-order valence-electron chi connectivity index (χ0n) is 10.6. The number of hydrogen-bond donors (Lipinski definition) is 1. The molecule has 0 spiro atoms. The van der Waals surface area contributed by atoms with Gasteiger partial charge in [-0.3, -0.25) is 4.99 Å². The maximum Gasteiger partial charge on any atom is 0.157 e. The lowest BCUT2D eigenvalue weighted by Gasteiger charge is -2.35. The summed E-state index contributed by atoms with van der Waals surface area (Å²) in [6, 6.07) is 0. The van der Waals surface area contributed by atoms with Gasteiger partial charge in [0.1, 0.15) is 5.01 Å². The molecule has 94 valence electrons. The first kappa shape index (κ1) is 12.9. The largest absolute Gasteiger partial charge is 0.360 e. The molecule has 0 amide bonds. The number of nitrogens with one attached hydrogen (secondary N) is 1. The number of hydrogen-bond acceptors (Lipinski definition) is 4. The highest BCUT2D eigenvalue weighted by Gasteiger charge is 2.27. The average Bonchev–Trinajstić information content (AvgIpc) is 2.73. The first-order valence-corrected chi connectivity index (χ1v) is 7.78. The van der Waals surface area contributed by atoms with Crippen LogP contribution in [0, 0.1) is 6.92 Å². The minimum Gasteiger partial charge on any atom is -0.360 e. The van der Waals surface area contributed by atoms with Crippen molar-refractivity contribution in [3.05, 3.63) is 16.1 Å². The molecule has 0 radical (unpaired) electrons. The lowest BCUT2D eigenvalue weighted by molar-refractivity contribution is 0.390. The SMILES string of the molecule is CCC1(C)CCSC(=NCc2ncc(C)s2)N1. The predicted molar refractivity (Wildman–Crippen MR) is 76.9 cm³/mol. The molecule has 1 atom stereocenters. The highest BCUT2D eigenvalue weighted by molar-refractivity contribution is 8.13. The van der Waals surface area contributed by atoms with Gasteiger partial charge in [-0.05, 0) is 26.7 Å². The molecule has 1 unspecified atom stereocenters. The predicted octanol–water partition coefficient (Wildman–Crippen LogP) is 3.20. The molecule has 1 aliphatic rings. The van der Waals surface area contributed by atoms with Crippen LogP contribution >= 0.6 is 23.1 Å². The molecule has 0 aromatic carbocycles. The summed E-state index contributed by atoms with van der Waals surface area (Å²) in [5, 5.41) is 5.72. The van der Waals surface area contributed by atoms with Gasteiger partial charge < -0.3 is 5.32 Å². The molecule has 1 aliphatic heterocycles. The topological polar surface area (TPSA) is 37.3 Å². The number of rotatable bonds is 3. The van der Waals surface area contributed by atoms with Crippen LogP contribution in [-0.2, 0) is 6.54 Å². The van der Waals surface area contributed by atoms with Crippen LogP contribution in [-0.4, -0.2) is 21.4 Å². The van der Waals surface area contributed by atoms with Crippen molar-refractivity contribution >= 4 is 28.3 Å². The molecule has 17 heavy (non-hydrogen) atoms. The van der Waals surface area contributed by atoms with E-state index >= 15 is 0 Å². The van der Waals surface area contributed by atoms with Crippen molar-refractivity contribution in [2.75, 3.05) is 5.75 Å². The van der Waals surface area contributed by atoms with E-state index in [1.807, 2.05) is 18.0 Å². The zero-order valence-corrected chi connectivity index (χ0v) is 12.2. The summed E-state index contributed by atoms with van der Waals surface area (Å²) in [4.78, 5) is 10.2. The third kappa shape index (κ3) is 3.45. The molecule has 1 aromatic rings. The molecule has 0 saturated carbocycles. The van der Waals surface area contributed by atoms with Crippen molar-refractivity contribution in [2.24, 2.45) is 4.99 Å². The van der Waals surface area contributed by atoms with Gasteiger partial charge in [0.15, 0.2) is 5.17 Å². The van der Waals surface area contributed by atoms with E-state index in [1.54, 1.807) is 11.3 Å². The third-order valence-electron chi connectivity index (χ3n) is 3.11. The van der Waals surface area contributed by atoms with E-state index in [-0.39, 0.29) is 5.54 Å². The summed E-state index contributed by atoms with van der Waals surface area (Å²) in [5.74, 6) is 1.16. The summed E-state index contributed by atoms with van der Waals surface area (Å²) in [7, 11) is 0. The van der Waals surface area contributed by atoms with E-state index in [4.69, 9.17) is 0 Å². The van der Waals surface area contributed by atoms with Gasteiger partial charge in [0, 0.05) is 22.4 Å². The van der Waals surface area contributed by atoms with Crippen molar-refractivity contribution in [1.82, 2.24) is 10.3 Å². The Bertz CT molecular complexity index is 414. The monoisotopic (exact) mass is 269 g/mol. The Morgan fingerprint density at radius 1 is 1.59 bits per heavy atom. The minimum absolute atomic E-state index is 0.225. The average molecular weight is 269 g/mol. The fraction of sp³-hybridized carbons (Fsp3) is 0.667. The molecule has 1 saturated heterocycles. The fourth-order valence-corrected chi connectivity index (χ4v) is 3.63. The highest BCUT2D eigenvalue weighted by Crippen LogP contribution is 2.25. The number of thioether (sulfide) groups is 1. The highest BCUT2D eigenvalue weighted by atomic mass is 32.2. The Kier molecular flexibility index (Phi) is 4.09. The van der Waals surface area contributed by atoms with Crippen molar-refractivity contribution in [3.8, 4) is 0 Å². The van der Waals surface area contributed by atoms with E-state index in [1.165, 1.54) is 11.3 Å². The number of thiazole rings is 1. The van der Waals surface area contributed by atoms with Crippen LogP contribution in [0.2, 0.25) is 0 Å². The summed E-state index contributed by atoms with van der Waals surface area (Å²) in [6.07, 6.45) is 4.27. The van der Waals surface area contributed by atoms with Crippen LogP contribution in [0.5, 0.6) is 0 Å². The molecule has 0 bridgehead atoms. The Balaban J connectivity index is 1.97. The van der Waals surface area contributed by atoms with Gasteiger partial charge in [0.25, 0.3) is 0 Å². The van der Waals surface area contributed by atoms with Crippen molar-refractivity contribution in [2.45, 2.75) is 45.7 Å². The Labute approximate surface area is 111 Å². The molecule has 0 aliphatic carbocycles. The van der Waals surface area contributed by atoms with E-state index in [2.05, 4.69) is 36.1 Å². The van der Waals surface area contributed by atoms with Gasteiger partial charge in [0.2, 0.25) is 0 Å². The van der Waals surface area contributed by atoms with E-state index < -0.39 is 0 Å². The van der Waals surface area contributed by atoms with Gasteiger partial charge in [-0.1, -0.05) is 18.7 Å². The molecule has 2 rings (SSSR count). The molecule has 2 heterocycles. The Hall–Kier alpha value is -0.550. The lowest BCUT2D eigenvalue weighted by atomic mass is 9.96. The normalized spacial score (nSPS) is 27.1. The number of aromatic nitrogens is 1. The first-order valence-electron chi connectivity index (χ1n) is 5.98. The molecular weight excluding hydrogens is 250 g/mol. The summed E-state index contributed by atoms with van der Waals surface area (Å²) < 4.78 is 0. The summed E-state index contributed by atoms with van der Waals surface area (Å²) >= 11 is 3.55. The van der Waals surface area contributed by atoms with Crippen LogP contribution in [0.3, 0.4) is 0 Å². The second kappa shape index (κ2) is 5.40. The molecule has 3 nitrogen and oxygen atoms in total. The Morgan fingerprint density at radius 2 is 2.41 bits per heavy atom. The minimum atomic E-state index is 0.225. The van der Waals surface area contributed by atoms with E-state index in [9.17, 15) is 0 Å². The number of nitrogens with zero attached hydrogens (tertiary/aromatic N) is 2. The van der Waals surface area contributed by atoms with Gasteiger partial charge >= 0.3 is 0 Å². The van der Waals surface area contributed by atoms with Crippen molar-refractivity contribution < 1.29 is 0 Å². The van der Waals surface area contributed by atoms with E-state index in [0.29, 0.717) is 6.54 Å². The summed E-state index contributed by atoms with van der Waals surface area (Å²) in [6.45, 7) is 7.28. The Morgan fingerprint density at radius 3 is 3.06 bits per heavy atom. The van der Waals surface area contributed by atoms with Gasteiger partial charge in [-0.25, -0.2) is 4.98 Å². The maximum atomic E-state index is 4.63. The van der Waals surface area contributed by atoms with Gasteiger partial charge in [-0.2, -0.15) is 0 Å². The van der Waals surface area contributed by atoms with Gasteiger partial charge in [-0.15, -0.1) is 11.3 Å². The van der Waals surface area contributed by atoms with Crippen molar-refractivity contribution in [3.63, 3.8) is 0 Å². The maximum absolute atomic E-state index is 4.63. The molecule has 1 fully saturated rings. The van der Waals surface area contributed by atoms with Crippen LogP contribution in [0.4, 0.5) is 0 Å². The third-order valence-corrected chi connectivity index (χ3v) is 4.92. The molecular formula is C12H19N3S2. The van der Waals surface area contributed by atoms with Crippen molar-refractivity contribution in [1.29, 1.82) is 0 Å². The summed E-state index contributed by atoms with van der Waals surface area (Å²) in [5.41, 5.74) is 0.225. The second-order valence-corrected chi connectivity index (χ2v) is 7.03. The quantitative estimate of drug-likeness (QED) is 0.915. The second-order valence-electron chi connectivity index (χ2n) is 4.62. The molecule has 1 N–H and O–H groups in total. The molecule has 1 aromatic heterocycles. The molecule has 5 heteroatoms. The van der Waals surface area contributed by atoms with Gasteiger partial charge in [0.05, 0.1) is 6.54 Å². The number of amidine groups is 1. The number of aliphatic imine (C=N–C) groups is 1. The smallest absolute Gasteiger partial charge is 0.157 e. The fourth-order valence-electron chi connectivity index (χ4n) is 1.69. The lowest BCUT2D eigenvalue weighted by Crippen LogP contribution is -2.48. The zero-order chi connectivity index (χ0) is 12.3. The standard InChI is InChI=1S/C12H19N3S2/c1-4-12(3)5-6-16-11(15-12)14-8-10-13-7-9(2)17-10/h7H,4-6,8H2,1-3H3,(H,14,15). The first-order chi connectivity index (χ1) is 8.11. The van der Waals surface area contributed by atoms with Crippen LogP contribution in [0.25, 0.3) is 0 Å². The van der Waals surface area contributed by atoms with Crippen LogP contribution < -0.4 is 5.32 Å². The van der Waals surface area contributed by atoms with Crippen LogP contribution in [0.1, 0.15) is 36.6 Å². The number of aryl methyl sites for hydroxylation is 1. The van der Waals surface area contributed by atoms with Crippen LogP contribution in [0.15, 0.2) is 11.2 Å². The van der Waals surface area contributed by atoms with E-state index in [0.717, 1.165) is 22.3 Å².